The Labute approximate surface area is 66.9 Å². The highest BCUT2D eigenvalue weighted by Crippen LogP contribution is 2.34. The van der Waals surface area contributed by atoms with Gasteiger partial charge in [0.05, 0.1) is 6.54 Å². The van der Waals surface area contributed by atoms with Crippen LogP contribution in [0, 0.1) is 0 Å². The van der Waals surface area contributed by atoms with Crippen molar-refractivity contribution in [3.05, 3.63) is 0 Å². The Hall–Kier alpha value is -0.390. The van der Waals surface area contributed by atoms with Gasteiger partial charge in [0.25, 0.3) is 0 Å². The van der Waals surface area contributed by atoms with Gasteiger partial charge >= 0.3 is 12.1 Å². The van der Waals surface area contributed by atoms with Crippen LogP contribution in [-0.2, 0) is 0 Å². The highest BCUT2D eigenvalue weighted by atomic mass is 19.4. The number of hydrogen-bond donors (Lipinski definition) is 1. The van der Waals surface area contributed by atoms with Crippen molar-refractivity contribution in [2.24, 2.45) is 0 Å². The molecule has 0 bridgehead atoms. The van der Waals surface area contributed by atoms with Gasteiger partial charge in [0.2, 0.25) is 0 Å². The van der Waals surface area contributed by atoms with Crippen LogP contribution in [0.1, 0.15) is 13.3 Å². The fraction of sp³-hybridized carbons (Fsp3) is 1.00. The van der Waals surface area contributed by atoms with Crippen molar-refractivity contribution in [1.82, 2.24) is 5.32 Å². The van der Waals surface area contributed by atoms with E-state index >= 15 is 0 Å². The molecule has 0 aromatic heterocycles. The summed E-state index contributed by atoms with van der Waals surface area (Å²) < 4.78 is 58.5. The Bertz CT molecular complexity index is 130. The summed E-state index contributed by atoms with van der Waals surface area (Å²) >= 11 is 0. The molecule has 0 spiro atoms. The first-order valence-corrected chi connectivity index (χ1v) is 3.46. The molecule has 0 unspecified atom stereocenters. The van der Waals surface area contributed by atoms with Gasteiger partial charge in [-0.3, -0.25) is 0 Å². The molecular formula is C6H10F5N. The third-order valence-corrected chi connectivity index (χ3v) is 1.19. The number of rotatable bonds is 4. The Balaban J connectivity index is 3.88. The molecule has 0 saturated carbocycles. The Morgan fingerprint density at radius 3 is 1.92 bits per heavy atom. The van der Waals surface area contributed by atoms with Crippen molar-refractivity contribution in [2.75, 3.05) is 13.1 Å². The van der Waals surface area contributed by atoms with Crippen LogP contribution < -0.4 is 5.32 Å². The number of hydrogen-bond acceptors (Lipinski definition) is 1. The molecule has 0 aromatic rings. The van der Waals surface area contributed by atoms with Crippen molar-refractivity contribution < 1.29 is 22.0 Å². The van der Waals surface area contributed by atoms with E-state index < -0.39 is 18.6 Å². The molecule has 0 radical (unpaired) electrons. The third kappa shape index (κ3) is 3.34. The first kappa shape index (κ1) is 11.6. The lowest BCUT2D eigenvalue weighted by molar-refractivity contribution is -0.279. The first-order valence-electron chi connectivity index (χ1n) is 3.46. The number of nitrogens with one attached hydrogen (secondary N) is 1. The predicted octanol–water partition coefficient (Wildman–Crippen LogP) is 2.18. The molecule has 0 aliphatic carbocycles. The van der Waals surface area contributed by atoms with Gasteiger partial charge in [-0.1, -0.05) is 6.92 Å². The summed E-state index contributed by atoms with van der Waals surface area (Å²) in [5, 5.41) is 2.01. The second-order valence-electron chi connectivity index (χ2n) is 2.38. The number of halogens is 5. The summed E-state index contributed by atoms with van der Waals surface area (Å²) in [6.07, 6.45) is -4.93. The monoisotopic (exact) mass is 191 g/mol. The zero-order valence-electron chi connectivity index (χ0n) is 6.51. The van der Waals surface area contributed by atoms with Gasteiger partial charge in [-0.2, -0.15) is 22.0 Å². The zero-order chi connectivity index (χ0) is 9.83. The van der Waals surface area contributed by atoms with E-state index in [1.54, 1.807) is 6.92 Å². The van der Waals surface area contributed by atoms with E-state index in [1.807, 2.05) is 5.32 Å². The second kappa shape index (κ2) is 4.02. The molecule has 0 rings (SSSR count). The maximum absolute atomic E-state index is 12.1. The largest absolute Gasteiger partial charge is 0.454 e. The molecule has 0 saturated heterocycles. The van der Waals surface area contributed by atoms with E-state index in [0.717, 1.165) is 0 Å². The van der Waals surface area contributed by atoms with Gasteiger partial charge in [0.1, 0.15) is 0 Å². The summed E-state index contributed by atoms with van der Waals surface area (Å²) in [5.74, 6) is -4.62. The van der Waals surface area contributed by atoms with Crippen LogP contribution in [0.2, 0.25) is 0 Å². The van der Waals surface area contributed by atoms with E-state index in [1.165, 1.54) is 0 Å². The summed E-state index contributed by atoms with van der Waals surface area (Å²) in [4.78, 5) is 0. The van der Waals surface area contributed by atoms with Crippen LogP contribution in [0.25, 0.3) is 0 Å². The highest BCUT2D eigenvalue weighted by Gasteiger charge is 2.56. The van der Waals surface area contributed by atoms with Crippen molar-refractivity contribution in [3.63, 3.8) is 0 Å². The van der Waals surface area contributed by atoms with Crippen LogP contribution in [0.3, 0.4) is 0 Å². The van der Waals surface area contributed by atoms with Crippen LogP contribution in [0.4, 0.5) is 22.0 Å². The van der Waals surface area contributed by atoms with Gasteiger partial charge < -0.3 is 5.32 Å². The normalized spacial score (nSPS) is 13.5. The lowest BCUT2D eigenvalue weighted by atomic mass is 10.3. The first-order chi connectivity index (χ1) is 5.31. The molecule has 6 heteroatoms. The van der Waals surface area contributed by atoms with Crippen LogP contribution in [-0.4, -0.2) is 25.2 Å². The smallest absolute Gasteiger partial charge is 0.311 e. The quantitative estimate of drug-likeness (QED) is 0.530. The fourth-order valence-corrected chi connectivity index (χ4v) is 0.522. The summed E-state index contributed by atoms with van der Waals surface area (Å²) in [7, 11) is 0. The Kier molecular flexibility index (Phi) is 3.89. The molecule has 0 fully saturated rings. The van der Waals surface area contributed by atoms with Gasteiger partial charge in [-0.05, 0) is 13.0 Å². The summed E-state index contributed by atoms with van der Waals surface area (Å²) in [6, 6.07) is 0. The molecule has 0 aliphatic heterocycles. The molecule has 0 aromatic carbocycles. The minimum absolute atomic E-state index is 0.158. The van der Waals surface area contributed by atoms with Gasteiger partial charge in [-0.25, -0.2) is 0 Å². The van der Waals surface area contributed by atoms with Crippen molar-refractivity contribution in [2.45, 2.75) is 25.4 Å². The summed E-state index contributed by atoms with van der Waals surface area (Å²) in [6.45, 7) is 0.495. The second-order valence-corrected chi connectivity index (χ2v) is 2.38. The molecule has 12 heavy (non-hydrogen) atoms. The summed E-state index contributed by atoms with van der Waals surface area (Å²) in [5.41, 5.74) is 0. The van der Waals surface area contributed by atoms with E-state index in [4.69, 9.17) is 0 Å². The van der Waals surface area contributed by atoms with Crippen molar-refractivity contribution in [3.8, 4) is 0 Å². The third-order valence-electron chi connectivity index (χ3n) is 1.19. The molecule has 1 N–H and O–H groups in total. The van der Waals surface area contributed by atoms with Crippen molar-refractivity contribution in [1.29, 1.82) is 0 Å². The fourth-order valence-electron chi connectivity index (χ4n) is 0.522. The van der Waals surface area contributed by atoms with Crippen LogP contribution in [0.15, 0.2) is 0 Å². The average Bonchev–Trinajstić information content (AvgIpc) is 1.85. The van der Waals surface area contributed by atoms with Crippen LogP contribution >= 0.6 is 0 Å². The van der Waals surface area contributed by atoms with E-state index in [2.05, 4.69) is 0 Å². The molecule has 0 atom stereocenters. The van der Waals surface area contributed by atoms with E-state index in [0.29, 0.717) is 6.42 Å². The molecular weight excluding hydrogens is 181 g/mol. The Morgan fingerprint density at radius 2 is 1.58 bits per heavy atom. The van der Waals surface area contributed by atoms with Crippen molar-refractivity contribution >= 4 is 0 Å². The zero-order valence-corrected chi connectivity index (χ0v) is 6.51. The maximum Gasteiger partial charge on any atom is 0.454 e. The molecule has 0 aliphatic rings. The average molecular weight is 191 g/mol. The molecule has 1 nitrogen and oxygen atoms in total. The number of alkyl halides is 5. The van der Waals surface area contributed by atoms with Gasteiger partial charge in [-0.15, -0.1) is 0 Å². The SMILES string of the molecule is CCCNCC(F)(F)C(F)(F)F. The predicted molar refractivity (Wildman–Crippen MR) is 34.2 cm³/mol. The topological polar surface area (TPSA) is 12.0 Å². The minimum Gasteiger partial charge on any atom is -0.311 e. The van der Waals surface area contributed by atoms with E-state index in [9.17, 15) is 22.0 Å². The minimum atomic E-state index is -5.45. The standard InChI is InChI=1S/C6H10F5N/c1-2-3-12-4-5(7,8)6(9,10)11/h12H,2-4H2,1H3. The lowest BCUT2D eigenvalue weighted by Gasteiger charge is -2.19. The van der Waals surface area contributed by atoms with Crippen LogP contribution in [0.5, 0.6) is 0 Å². The molecule has 74 valence electrons. The van der Waals surface area contributed by atoms with E-state index in [-0.39, 0.29) is 6.54 Å². The lowest BCUT2D eigenvalue weighted by Crippen LogP contribution is -2.45. The van der Waals surface area contributed by atoms with Gasteiger partial charge in [0.15, 0.2) is 0 Å². The molecule has 0 heterocycles. The highest BCUT2D eigenvalue weighted by molar-refractivity contribution is 4.77. The molecule has 0 amide bonds. The maximum atomic E-state index is 12.1. The Morgan fingerprint density at radius 1 is 1.08 bits per heavy atom. The van der Waals surface area contributed by atoms with Gasteiger partial charge in [0, 0.05) is 0 Å².